The van der Waals surface area contributed by atoms with Gasteiger partial charge in [0.2, 0.25) is 0 Å². The fourth-order valence-corrected chi connectivity index (χ4v) is 5.56. The summed E-state index contributed by atoms with van der Waals surface area (Å²) in [4.78, 5) is 0. The standard InChI is InChI=1S/C20H26/c1-14-8-9-15(10-14)19-12-18-11-16(19)13-20(18,2)17-6-4-3-5-7-17/h3-9,14-16,18-19H,10-13H2,1-2H3. The van der Waals surface area contributed by atoms with Crippen LogP contribution in [-0.2, 0) is 5.41 Å². The summed E-state index contributed by atoms with van der Waals surface area (Å²) in [6, 6.07) is 11.3. The second-order valence-electron chi connectivity index (χ2n) is 7.84. The molecule has 3 aliphatic rings. The molecule has 0 saturated heterocycles. The van der Waals surface area contributed by atoms with Gasteiger partial charge in [0.15, 0.2) is 0 Å². The van der Waals surface area contributed by atoms with Crippen molar-refractivity contribution < 1.29 is 0 Å². The molecule has 1 aromatic carbocycles. The van der Waals surface area contributed by atoms with Crippen molar-refractivity contribution in [3.63, 3.8) is 0 Å². The van der Waals surface area contributed by atoms with Crippen molar-refractivity contribution >= 4 is 0 Å². The van der Waals surface area contributed by atoms with E-state index in [-0.39, 0.29) is 0 Å². The Balaban J connectivity index is 1.54. The van der Waals surface area contributed by atoms with Crippen LogP contribution in [0.2, 0.25) is 0 Å². The second-order valence-corrected chi connectivity index (χ2v) is 7.84. The molecule has 2 fully saturated rings. The lowest BCUT2D eigenvalue weighted by atomic mass is 9.65. The van der Waals surface area contributed by atoms with Crippen molar-refractivity contribution in [3.8, 4) is 0 Å². The average Bonchev–Trinajstić information content (AvgIpc) is 3.13. The third-order valence-corrected chi connectivity index (χ3v) is 6.65. The third-order valence-electron chi connectivity index (χ3n) is 6.65. The van der Waals surface area contributed by atoms with E-state index in [1.165, 1.54) is 25.7 Å². The summed E-state index contributed by atoms with van der Waals surface area (Å²) in [6.45, 7) is 4.90. The molecule has 1 aromatic rings. The molecule has 0 aromatic heterocycles. The molecule has 0 spiro atoms. The number of hydrogen-bond donors (Lipinski definition) is 0. The first kappa shape index (κ1) is 12.7. The van der Waals surface area contributed by atoms with Gasteiger partial charge in [-0.25, -0.2) is 0 Å². The molecule has 0 radical (unpaired) electrons. The summed E-state index contributed by atoms with van der Waals surface area (Å²) in [6.07, 6.45) is 10.8. The van der Waals surface area contributed by atoms with Crippen LogP contribution >= 0.6 is 0 Å². The zero-order chi connectivity index (χ0) is 13.7. The van der Waals surface area contributed by atoms with Crippen LogP contribution in [0, 0.1) is 29.6 Å². The maximum absolute atomic E-state index is 2.54. The van der Waals surface area contributed by atoms with Gasteiger partial charge < -0.3 is 0 Å². The van der Waals surface area contributed by atoms with E-state index in [1.807, 2.05) is 0 Å². The molecule has 0 aliphatic heterocycles. The molecule has 4 rings (SSSR count). The van der Waals surface area contributed by atoms with E-state index in [0.717, 1.165) is 29.6 Å². The van der Waals surface area contributed by atoms with Crippen molar-refractivity contribution in [2.45, 2.75) is 44.9 Å². The van der Waals surface area contributed by atoms with E-state index >= 15 is 0 Å². The third kappa shape index (κ3) is 1.80. The molecule has 0 heteroatoms. The van der Waals surface area contributed by atoms with Crippen molar-refractivity contribution in [1.29, 1.82) is 0 Å². The maximum atomic E-state index is 2.54. The molecule has 6 atom stereocenters. The quantitative estimate of drug-likeness (QED) is 0.645. The molecule has 3 aliphatic carbocycles. The smallest absolute Gasteiger partial charge is 0.00441 e. The lowest BCUT2D eigenvalue weighted by Gasteiger charge is -2.39. The molecule has 0 nitrogen and oxygen atoms in total. The van der Waals surface area contributed by atoms with Crippen LogP contribution in [-0.4, -0.2) is 0 Å². The van der Waals surface area contributed by atoms with E-state index in [2.05, 4.69) is 56.3 Å². The molecule has 6 unspecified atom stereocenters. The molecule has 20 heavy (non-hydrogen) atoms. The Morgan fingerprint density at radius 2 is 1.80 bits per heavy atom. The van der Waals surface area contributed by atoms with Crippen LogP contribution in [0.15, 0.2) is 42.5 Å². The van der Waals surface area contributed by atoms with Crippen molar-refractivity contribution in [1.82, 2.24) is 0 Å². The number of hydrogen-bond acceptors (Lipinski definition) is 0. The van der Waals surface area contributed by atoms with Crippen LogP contribution in [0.4, 0.5) is 0 Å². The summed E-state index contributed by atoms with van der Waals surface area (Å²) in [7, 11) is 0. The Hall–Kier alpha value is -1.04. The lowest BCUT2D eigenvalue weighted by Crippen LogP contribution is -2.33. The highest BCUT2D eigenvalue weighted by molar-refractivity contribution is 5.29. The summed E-state index contributed by atoms with van der Waals surface area (Å²) < 4.78 is 0. The minimum Gasteiger partial charge on any atom is -0.0854 e. The molecular formula is C20H26. The summed E-state index contributed by atoms with van der Waals surface area (Å²) in [5.74, 6) is 4.59. The maximum Gasteiger partial charge on any atom is -0.00441 e. The summed E-state index contributed by atoms with van der Waals surface area (Å²) >= 11 is 0. The number of rotatable bonds is 2. The Bertz CT molecular complexity index is 514. The predicted octanol–water partition coefficient (Wildman–Crippen LogP) is 5.20. The first-order valence-corrected chi connectivity index (χ1v) is 8.40. The van der Waals surface area contributed by atoms with Crippen LogP contribution in [0.25, 0.3) is 0 Å². The number of allylic oxidation sites excluding steroid dienone is 2. The highest BCUT2D eigenvalue weighted by atomic mass is 14.6. The van der Waals surface area contributed by atoms with E-state index in [9.17, 15) is 0 Å². The van der Waals surface area contributed by atoms with Gasteiger partial charge in [-0.1, -0.05) is 56.3 Å². The SMILES string of the molecule is CC1C=CC(C2CC3CC2CC3(C)c2ccccc2)C1. The fourth-order valence-electron chi connectivity index (χ4n) is 5.56. The Morgan fingerprint density at radius 3 is 2.40 bits per heavy atom. The molecular weight excluding hydrogens is 240 g/mol. The van der Waals surface area contributed by atoms with Crippen LogP contribution in [0.3, 0.4) is 0 Å². The van der Waals surface area contributed by atoms with Gasteiger partial charge in [0.1, 0.15) is 0 Å². The van der Waals surface area contributed by atoms with Crippen LogP contribution in [0.5, 0.6) is 0 Å². The van der Waals surface area contributed by atoms with E-state index in [4.69, 9.17) is 0 Å². The highest BCUT2D eigenvalue weighted by Gasteiger charge is 2.54. The van der Waals surface area contributed by atoms with Crippen LogP contribution < -0.4 is 0 Å². The molecule has 2 bridgehead atoms. The molecule has 2 saturated carbocycles. The van der Waals surface area contributed by atoms with Gasteiger partial charge in [-0.15, -0.1) is 0 Å². The largest absolute Gasteiger partial charge is 0.0854 e. The minimum absolute atomic E-state index is 0.455. The molecule has 106 valence electrons. The van der Waals surface area contributed by atoms with Crippen LogP contribution in [0.1, 0.15) is 45.1 Å². The van der Waals surface area contributed by atoms with E-state index in [1.54, 1.807) is 5.56 Å². The van der Waals surface area contributed by atoms with Crippen molar-refractivity contribution in [2.24, 2.45) is 29.6 Å². The van der Waals surface area contributed by atoms with Gasteiger partial charge >= 0.3 is 0 Å². The molecule has 0 N–H and O–H groups in total. The van der Waals surface area contributed by atoms with E-state index < -0.39 is 0 Å². The van der Waals surface area contributed by atoms with E-state index in [0.29, 0.717) is 5.41 Å². The summed E-state index contributed by atoms with van der Waals surface area (Å²) in [5, 5.41) is 0. The van der Waals surface area contributed by atoms with Gasteiger partial charge in [0.25, 0.3) is 0 Å². The van der Waals surface area contributed by atoms with Gasteiger partial charge in [0.05, 0.1) is 0 Å². The minimum atomic E-state index is 0.455. The topological polar surface area (TPSA) is 0 Å². The summed E-state index contributed by atoms with van der Waals surface area (Å²) in [5.41, 5.74) is 2.04. The Kier molecular flexibility index (Phi) is 2.84. The zero-order valence-corrected chi connectivity index (χ0v) is 12.8. The fraction of sp³-hybridized carbons (Fsp3) is 0.600. The van der Waals surface area contributed by atoms with Crippen molar-refractivity contribution in [2.75, 3.05) is 0 Å². The first-order valence-electron chi connectivity index (χ1n) is 8.40. The monoisotopic (exact) mass is 266 g/mol. The molecule has 0 amide bonds. The number of benzene rings is 1. The van der Waals surface area contributed by atoms with Gasteiger partial charge in [0, 0.05) is 0 Å². The number of fused-ring (bicyclic) bond motifs is 2. The Labute approximate surface area is 123 Å². The average molecular weight is 266 g/mol. The Morgan fingerprint density at radius 1 is 1.00 bits per heavy atom. The predicted molar refractivity (Wildman–Crippen MR) is 84.5 cm³/mol. The van der Waals surface area contributed by atoms with Gasteiger partial charge in [-0.05, 0) is 66.3 Å². The van der Waals surface area contributed by atoms with Crippen molar-refractivity contribution in [3.05, 3.63) is 48.0 Å². The zero-order valence-electron chi connectivity index (χ0n) is 12.8. The highest BCUT2D eigenvalue weighted by Crippen LogP contribution is 2.61. The van der Waals surface area contributed by atoms with Gasteiger partial charge in [-0.3, -0.25) is 0 Å². The molecule has 0 heterocycles. The normalized spacial score (nSPS) is 46.2. The first-order chi connectivity index (χ1) is 9.67. The second kappa shape index (κ2) is 4.48. The van der Waals surface area contributed by atoms with Gasteiger partial charge in [-0.2, -0.15) is 0 Å². The lowest BCUT2D eigenvalue weighted by molar-refractivity contribution is 0.188.